The molecule has 0 aliphatic carbocycles. The van der Waals surface area contributed by atoms with Crippen LogP contribution in [-0.4, -0.2) is 43.9 Å². The zero-order chi connectivity index (χ0) is 27.3. The van der Waals surface area contributed by atoms with E-state index < -0.39 is 11.6 Å². The van der Waals surface area contributed by atoms with Crippen LogP contribution in [0.3, 0.4) is 0 Å². The number of imidazole rings is 1. The van der Waals surface area contributed by atoms with Gasteiger partial charge in [0.1, 0.15) is 17.4 Å². The van der Waals surface area contributed by atoms with Crippen LogP contribution in [0.4, 0.5) is 31.9 Å². The smallest absolute Gasteiger partial charge is 0.229 e. The SMILES string of the molecule is COc1cc(Nc2nccc(N(C)c3ccc4c(C)n(C)nc4c3)n2)ccc1-c1nc2cc(F)c(F)cc2[nH]1. The minimum atomic E-state index is -0.952. The molecule has 0 aliphatic rings. The maximum atomic E-state index is 13.6. The highest BCUT2D eigenvalue weighted by Gasteiger charge is 2.15. The van der Waals surface area contributed by atoms with Crippen LogP contribution < -0.4 is 15.0 Å². The van der Waals surface area contributed by atoms with E-state index in [1.807, 2.05) is 54.9 Å². The minimum Gasteiger partial charge on any atom is -0.496 e. The number of H-pyrrole nitrogens is 1. The van der Waals surface area contributed by atoms with Gasteiger partial charge >= 0.3 is 0 Å². The van der Waals surface area contributed by atoms with Crippen LogP contribution in [0.15, 0.2) is 60.8 Å². The maximum absolute atomic E-state index is 13.6. The quantitative estimate of drug-likeness (QED) is 0.274. The van der Waals surface area contributed by atoms with Crippen molar-refractivity contribution in [3.05, 3.63) is 78.1 Å². The first-order valence-corrected chi connectivity index (χ1v) is 12.1. The molecule has 11 heteroatoms. The fraction of sp³-hybridized carbons (Fsp3) is 0.143. The van der Waals surface area contributed by atoms with E-state index in [0.29, 0.717) is 45.6 Å². The molecule has 6 aromatic rings. The Morgan fingerprint density at radius 2 is 1.79 bits per heavy atom. The normalized spacial score (nSPS) is 11.3. The standard InChI is InChI=1S/C28H24F2N8O/c1-15-18-8-6-17(12-22(18)36-38(15)3)37(2)26-9-10-31-28(35-26)32-16-5-7-19(25(11-16)39-4)27-33-23-13-20(29)21(30)14-24(23)34-27/h5-14H,1-4H3,(H,33,34)(H,31,32,35). The molecule has 0 bridgehead atoms. The Labute approximate surface area is 222 Å². The van der Waals surface area contributed by atoms with Gasteiger partial charge in [0, 0.05) is 60.9 Å². The van der Waals surface area contributed by atoms with Gasteiger partial charge in [0.15, 0.2) is 11.6 Å². The number of aromatic amines is 1. The highest BCUT2D eigenvalue weighted by Crippen LogP contribution is 2.33. The van der Waals surface area contributed by atoms with Crippen LogP contribution in [0.1, 0.15) is 5.69 Å². The molecular formula is C28H24F2N8O. The Bertz CT molecular complexity index is 1820. The number of rotatable bonds is 6. The fourth-order valence-electron chi connectivity index (χ4n) is 4.48. The molecule has 0 fully saturated rings. The number of nitrogens with zero attached hydrogens (tertiary/aromatic N) is 6. The lowest BCUT2D eigenvalue weighted by molar-refractivity contribution is 0.416. The third-order valence-electron chi connectivity index (χ3n) is 6.72. The van der Waals surface area contributed by atoms with Gasteiger partial charge in [-0.25, -0.2) is 18.7 Å². The second kappa shape index (κ2) is 9.35. The number of aromatic nitrogens is 6. The average Bonchev–Trinajstić information content (AvgIpc) is 3.47. The molecule has 196 valence electrons. The molecule has 0 saturated carbocycles. The molecule has 0 unspecified atom stereocenters. The summed E-state index contributed by atoms with van der Waals surface area (Å²) >= 11 is 0. The van der Waals surface area contributed by atoms with Crippen LogP contribution in [0.5, 0.6) is 5.75 Å². The summed E-state index contributed by atoms with van der Waals surface area (Å²) in [5.74, 6) is 0.144. The van der Waals surface area contributed by atoms with Crippen molar-refractivity contribution < 1.29 is 13.5 Å². The van der Waals surface area contributed by atoms with Gasteiger partial charge < -0.3 is 19.9 Å². The van der Waals surface area contributed by atoms with Crippen LogP contribution in [0.25, 0.3) is 33.3 Å². The molecule has 2 N–H and O–H groups in total. The highest BCUT2D eigenvalue weighted by atomic mass is 19.2. The monoisotopic (exact) mass is 526 g/mol. The number of halogens is 2. The lowest BCUT2D eigenvalue weighted by atomic mass is 10.1. The average molecular weight is 527 g/mol. The summed E-state index contributed by atoms with van der Waals surface area (Å²) in [5, 5.41) is 8.90. The summed E-state index contributed by atoms with van der Waals surface area (Å²) in [6, 6.07) is 15.5. The third kappa shape index (κ3) is 4.37. The van der Waals surface area contributed by atoms with E-state index in [0.717, 1.165) is 34.4 Å². The van der Waals surface area contributed by atoms with Gasteiger partial charge in [-0.15, -0.1) is 0 Å². The Kier molecular flexibility index (Phi) is 5.82. The van der Waals surface area contributed by atoms with Crippen LogP contribution in [-0.2, 0) is 7.05 Å². The first-order valence-electron chi connectivity index (χ1n) is 12.1. The van der Waals surface area contributed by atoms with E-state index in [2.05, 4.69) is 36.4 Å². The number of fused-ring (bicyclic) bond motifs is 2. The van der Waals surface area contributed by atoms with Gasteiger partial charge in [-0.3, -0.25) is 4.68 Å². The summed E-state index contributed by atoms with van der Waals surface area (Å²) < 4.78 is 34.7. The summed E-state index contributed by atoms with van der Waals surface area (Å²) in [6.07, 6.45) is 1.68. The largest absolute Gasteiger partial charge is 0.496 e. The molecule has 9 nitrogen and oxygen atoms in total. The van der Waals surface area contributed by atoms with E-state index in [-0.39, 0.29) is 0 Å². The number of aryl methyl sites for hydroxylation is 2. The van der Waals surface area contributed by atoms with Crippen LogP contribution >= 0.6 is 0 Å². The summed E-state index contributed by atoms with van der Waals surface area (Å²) in [5.41, 5.74) is 5.00. The Morgan fingerprint density at radius 1 is 0.974 bits per heavy atom. The van der Waals surface area contributed by atoms with Gasteiger partial charge in [0.05, 0.1) is 29.2 Å². The molecular weight excluding hydrogens is 502 g/mol. The van der Waals surface area contributed by atoms with Crippen molar-refractivity contribution in [2.24, 2.45) is 7.05 Å². The zero-order valence-electron chi connectivity index (χ0n) is 21.6. The Morgan fingerprint density at radius 3 is 2.62 bits per heavy atom. The number of nitrogens with one attached hydrogen (secondary N) is 2. The second-order valence-corrected chi connectivity index (χ2v) is 9.12. The van der Waals surface area contributed by atoms with Crippen molar-refractivity contribution in [1.82, 2.24) is 29.7 Å². The van der Waals surface area contributed by atoms with Gasteiger partial charge in [0.2, 0.25) is 5.95 Å². The number of benzene rings is 3. The van der Waals surface area contributed by atoms with Crippen molar-refractivity contribution in [2.75, 3.05) is 24.4 Å². The van der Waals surface area contributed by atoms with E-state index >= 15 is 0 Å². The first kappa shape index (κ1) is 24.3. The molecule has 3 heterocycles. The van der Waals surface area contributed by atoms with Crippen LogP contribution in [0.2, 0.25) is 0 Å². The number of anilines is 4. The highest BCUT2D eigenvalue weighted by molar-refractivity contribution is 5.86. The van der Waals surface area contributed by atoms with Gasteiger partial charge in [-0.2, -0.15) is 10.1 Å². The number of methoxy groups -OCH3 is 1. The van der Waals surface area contributed by atoms with Gasteiger partial charge in [-0.05, 0) is 43.3 Å². The molecule has 6 rings (SSSR count). The minimum absolute atomic E-state index is 0.319. The summed E-state index contributed by atoms with van der Waals surface area (Å²) in [7, 11) is 5.41. The van der Waals surface area contributed by atoms with Crippen molar-refractivity contribution >= 4 is 45.1 Å². The lowest BCUT2D eigenvalue weighted by Crippen LogP contribution is -2.12. The molecule has 0 atom stereocenters. The van der Waals surface area contributed by atoms with E-state index in [9.17, 15) is 8.78 Å². The molecule has 0 spiro atoms. The fourth-order valence-corrected chi connectivity index (χ4v) is 4.48. The second-order valence-electron chi connectivity index (χ2n) is 9.12. The first-order chi connectivity index (χ1) is 18.8. The van der Waals surface area contributed by atoms with E-state index in [1.165, 1.54) is 7.11 Å². The van der Waals surface area contributed by atoms with Gasteiger partial charge in [-0.1, -0.05) is 0 Å². The van der Waals surface area contributed by atoms with Gasteiger partial charge in [0.25, 0.3) is 0 Å². The molecule has 3 aromatic carbocycles. The van der Waals surface area contributed by atoms with Crippen LogP contribution in [0, 0.1) is 18.6 Å². The molecule has 0 aliphatic heterocycles. The predicted octanol–water partition coefficient (Wildman–Crippen LogP) is 6.01. The molecule has 0 saturated heterocycles. The van der Waals surface area contributed by atoms with Crippen molar-refractivity contribution in [3.63, 3.8) is 0 Å². The Balaban J connectivity index is 1.26. The third-order valence-corrected chi connectivity index (χ3v) is 6.72. The number of ether oxygens (including phenoxy) is 1. The lowest BCUT2D eigenvalue weighted by Gasteiger charge is -2.19. The molecule has 0 amide bonds. The molecule has 39 heavy (non-hydrogen) atoms. The number of hydrogen-bond donors (Lipinski definition) is 2. The van der Waals surface area contributed by atoms with Crippen molar-refractivity contribution in [1.29, 1.82) is 0 Å². The summed E-state index contributed by atoms with van der Waals surface area (Å²) in [6.45, 7) is 2.04. The molecule has 3 aromatic heterocycles. The van der Waals surface area contributed by atoms with Crippen molar-refractivity contribution in [3.8, 4) is 17.1 Å². The number of hydrogen-bond acceptors (Lipinski definition) is 7. The van der Waals surface area contributed by atoms with E-state index in [4.69, 9.17) is 4.74 Å². The Hall–Kier alpha value is -5.06. The predicted molar refractivity (Wildman–Crippen MR) is 147 cm³/mol. The summed E-state index contributed by atoms with van der Waals surface area (Å²) in [4.78, 5) is 18.4. The molecule has 0 radical (unpaired) electrons. The topological polar surface area (TPSA) is 96.8 Å². The van der Waals surface area contributed by atoms with E-state index in [1.54, 1.807) is 18.3 Å². The zero-order valence-corrected chi connectivity index (χ0v) is 21.6. The maximum Gasteiger partial charge on any atom is 0.229 e. The van der Waals surface area contributed by atoms with Crippen molar-refractivity contribution in [2.45, 2.75) is 6.92 Å².